The number of rotatable bonds is 9. The Morgan fingerprint density at radius 1 is 1.33 bits per heavy atom. The standard InChI is InChI=1S/C10H23NO2S2/c1-4-15(12,13)9-10(2)11-7-5-6-8-14-3/h10-11H,4-9H2,1-3H3. The first kappa shape index (κ1) is 15.3. The zero-order valence-electron chi connectivity index (χ0n) is 9.95. The molecule has 0 fully saturated rings. The van der Waals surface area contributed by atoms with Gasteiger partial charge in [-0.25, -0.2) is 8.42 Å². The van der Waals surface area contributed by atoms with E-state index in [9.17, 15) is 8.42 Å². The van der Waals surface area contributed by atoms with Crippen molar-refractivity contribution in [2.24, 2.45) is 0 Å². The Balaban J connectivity index is 3.54. The van der Waals surface area contributed by atoms with Gasteiger partial charge in [-0.2, -0.15) is 11.8 Å². The molecule has 0 rings (SSSR count). The van der Waals surface area contributed by atoms with Gasteiger partial charge in [-0.15, -0.1) is 0 Å². The number of unbranched alkanes of at least 4 members (excludes halogenated alkanes) is 1. The van der Waals surface area contributed by atoms with E-state index in [0.29, 0.717) is 0 Å². The van der Waals surface area contributed by atoms with Gasteiger partial charge < -0.3 is 5.32 Å². The summed E-state index contributed by atoms with van der Waals surface area (Å²) in [5.74, 6) is 1.68. The second-order valence-corrected chi connectivity index (χ2v) is 7.14. The minimum Gasteiger partial charge on any atom is -0.313 e. The lowest BCUT2D eigenvalue weighted by Crippen LogP contribution is -2.34. The maximum absolute atomic E-state index is 11.3. The highest BCUT2D eigenvalue weighted by atomic mass is 32.2. The molecule has 92 valence electrons. The summed E-state index contributed by atoms with van der Waals surface area (Å²) in [6.07, 6.45) is 4.42. The molecule has 0 aliphatic carbocycles. The second kappa shape index (κ2) is 8.42. The molecular formula is C10H23NO2S2. The van der Waals surface area contributed by atoms with E-state index in [1.54, 1.807) is 6.92 Å². The van der Waals surface area contributed by atoms with Crippen LogP contribution in [0.2, 0.25) is 0 Å². The molecule has 0 aromatic carbocycles. The normalized spacial score (nSPS) is 14.1. The maximum atomic E-state index is 11.3. The van der Waals surface area contributed by atoms with Gasteiger partial charge in [-0.05, 0) is 38.3 Å². The summed E-state index contributed by atoms with van der Waals surface area (Å²) in [5, 5.41) is 3.24. The lowest BCUT2D eigenvalue weighted by atomic mass is 10.3. The van der Waals surface area contributed by atoms with Crippen LogP contribution < -0.4 is 5.32 Å². The zero-order chi connectivity index (χ0) is 11.7. The quantitative estimate of drug-likeness (QED) is 0.633. The molecule has 0 saturated heterocycles. The summed E-state index contributed by atoms with van der Waals surface area (Å²) >= 11 is 1.85. The van der Waals surface area contributed by atoms with Crippen LogP contribution in [0.1, 0.15) is 26.7 Å². The van der Waals surface area contributed by atoms with E-state index in [4.69, 9.17) is 0 Å². The maximum Gasteiger partial charge on any atom is 0.151 e. The first-order chi connectivity index (χ1) is 7.02. The van der Waals surface area contributed by atoms with Crippen molar-refractivity contribution in [2.45, 2.75) is 32.7 Å². The Bertz CT molecular complexity index is 240. The molecule has 5 heteroatoms. The fourth-order valence-corrected chi connectivity index (χ4v) is 2.89. The van der Waals surface area contributed by atoms with Gasteiger partial charge in [0.2, 0.25) is 0 Å². The molecule has 0 heterocycles. The molecule has 0 aromatic rings. The highest BCUT2D eigenvalue weighted by Crippen LogP contribution is 1.99. The average Bonchev–Trinajstić information content (AvgIpc) is 2.17. The molecule has 0 radical (unpaired) electrons. The average molecular weight is 253 g/mol. The van der Waals surface area contributed by atoms with Gasteiger partial charge in [0.05, 0.1) is 5.75 Å². The second-order valence-electron chi connectivity index (χ2n) is 3.75. The van der Waals surface area contributed by atoms with Gasteiger partial charge in [0, 0.05) is 11.8 Å². The van der Waals surface area contributed by atoms with E-state index in [1.807, 2.05) is 18.7 Å². The van der Waals surface area contributed by atoms with Crippen molar-refractivity contribution < 1.29 is 8.42 Å². The topological polar surface area (TPSA) is 46.2 Å². The fraction of sp³-hybridized carbons (Fsp3) is 1.00. The van der Waals surface area contributed by atoms with E-state index in [1.165, 1.54) is 12.2 Å². The number of hydrogen-bond donors (Lipinski definition) is 1. The molecule has 15 heavy (non-hydrogen) atoms. The molecule has 0 saturated carbocycles. The Kier molecular flexibility index (Phi) is 8.56. The minimum absolute atomic E-state index is 0.0734. The Morgan fingerprint density at radius 3 is 2.53 bits per heavy atom. The summed E-state index contributed by atoms with van der Waals surface area (Å²) in [6, 6.07) is 0.0734. The van der Waals surface area contributed by atoms with E-state index in [2.05, 4.69) is 11.6 Å². The smallest absolute Gasteiger partial charge is 0.151 e. The van der Waals surface area contributed by atoms with E-state index in [-0.39, 0.29) is 17.5 Å². The van der Waals surface area contributed by atoms with Crippen molar-refractivity contribution in [1.29, 1.82) is 0 Å². The molecular weight excluding hydrogens is 230 g/mol. The van der Waals surface area contributed by atoms with E-state index >= 15 is 0 Å². The highest BCUT2D eigenvalue weighted by Gasteiger charge is 2.12. The molecule has 1 unspecified atom stereocenters. The van der Waals surface area contributed by atoms with Gasteiger partial charge in [0.1, 0.15) is 0 Å². The molecule has 0 aromatic heterocycles. The first-order valence-corrected chi connectivity index (χ1v) is 8.66. The number of nitrogens with one attached hydrogen (secondary N) is 1. The SMILES string of the molecule is CCS(=O)(=O)CC(C)NCCCCSC. The largest absolute Gasteiger partial charge is 0.313 e. The zero-order valence-corrected chi connectivity index (χ0v) is 11.6. The predicted molar refractivity (Wildman–Crippen MR) is 69.4 cm³/mol. The molecule has 1 atom stereocenters. The van der Waals surface area contributed by atoms with E-state index in [0.717, 1.165) is 13.0 Å². The van der Waals surface area contributed by atoms with Crippen molar-refractivity contribution in [3.8, 4) is 0 Å². The molecule has 0 aliphatic rings. The molecule has 0 bridgehead atoms. The molecule has 0 spiro atoms. The van der Waals surface area contributed by atoms with Gasteiger partial charge in [-0.1, -0.05) is 6.92 Å². The monoisotopic (exact) mass is 253 g/mol. The van der Waals surface area contributed by atoms with Crippen LogP contribution in [0.15, 0.2) is 0 Å². The molecule has 0 amide bonds. The van der Waals surface area contributed by atoms with Crippen molar-refractivity contribution in [1.82, 2.24) is 5.32 Å². The predicted octanol–water partition coefficient (Wildman–Crippen LogP) is 1.54. The van der Waals surface area contributed by atoms with Crippen molar-refractivity contribution in [2.75, 3.05) is 30.1 Å². The summed E-state index contributed by atoms with van der Waals surface area (Å²) in [5.41, 5.74) is 0. The summed E-state index contributed by atoms with van der Waals surface area (Å²) < 4.78 is 22.6. The van der Waals surface area contributed by atoms with Gasteiger partial charge in [0.15, 0.2) is 9.84 Å². The molecule has 1 N–H and O–H groups in total. The van der Waals surface area contributed by atoms with Crippen molar-refractivity contribution in [3.63, 3.8) is 0 Å². The Hall–Kier alpha value is 0.260. The van der Waals surface area contributed by atoms with Gasteiger partial charge >= 0.3 is 0 Å². The van der Waals surface area contributed by atoms with Crippen LogP contribution in [0, 0.1) is 0 Å². The fourth-order valence-electron chi connectivity index (χ4n) is 1.28. The lowest BCUT2D eigenvalue weighted by Gasteiger charge is -2.13. The summed E-state index contributed by atoms with van der Waals surface area (Å²) in [4.78, 5) is 0. The van der Waals surface area contributed by atoms with Crippen LogP contribution in [0.25, 0.3) is 0 Å². The lowest BCUT2D eigenvalue weighted by molar-refractivity contribution is 0.547. The van der Waals surface area contributed by atoms with Crippen LogP contribution in [0.4, 0.5) is 0 Å². The van der Waals surface area contributed by atoms with Crippen molar-refractivity contribution in [3.05, 3.63) is 0 Å². The third-order valence-corrected chi connectivity index (χ3v) is 4.80. The Labute approximate surface area is 98.3 Å². The van der Waals surface area contributed by atoms with Crippen LogP contribution in [-0.2, 0) is 9.84 Å². The molecule has 3 nitrogen and oxygen atoms in total. The van der Waals surface area contributed by atoms with Crippen LogP contribution in [0.3, 0.4) is 0 Å². The number of thioether (sulfide) groups is 1. The third kappa shape index (κ3) is 9.20. The van der Waals surface area contributed by atoms with E-state index < -0.39 is 9.84 Å². The summed E-state index contributed by atoms with van der Waals surface area (Å²) in [6.45, 7) is 4.54. The highest BCUT2D eigenvalue weighted by molar-refractivity contribution is 7.98. The van der Waals surface area contributed by atoms with Crippen LogP contribution in [-0.4, -0.2) is 44.5 Å². The molecule has 0 aliphatic heterocycles. The number of hydrogen-bond acceptors (Lipinski definition) is 4. The van der Waals surface area contributed by atoms with Crippen molar-refractivity contribution >= 4 is 21.6 Å². The third-order valence-electron chi connectivity index (χ3n) is 2.21. The summed E-state index contributed by atoms with van der Waals surface area (Å²) in [7, 11) is -2.83. The van der Waals surface area contributed by atoms with Crippen LogP contribution in [0.5, 0.6) is 0 Å². The van der Waals surface area contributed by atoms with Gasteiger partial charge in [0.25, 0.3) is 0 Å². The van der Waals surface area contributed by atoms with Crippen LogP contribution >= 0.6 is 11.8 Å². The number of sulfone groups is 1. The van der Waals surface area contributed by atoms with Gasteiger partial charge in [-0.3, -0.25) is 0 Å². The minimum atomic E-state index is -2.83. The Morgan fingerprint density at radius 2 is 2.00 bits per heavy atom. The first-order valence-electron chi connectivity index (χ1n) is 5.44.